The Bertz CT molecular complexity index is 1390. The molecule has 4 aromatic rings. The number of nitrogens with zero attached hydrogens (tertiary/aromatic N) is 2. The van der Waals surface area contributed by atoms with Crippen molar-refractivity contribution >= 4 is 21.6 Å². The zero-order chi connectivity index (χ0) is 24.7. The summed E-state index contributed by atoms with van der Waals surface area (Å²) in [5, 5.41) is 7.15. The number of carbonyl (C=O) groups is 1. The van der Waals surface area contributed by atoms with E-state index in [-0.39, 0.29) is 10.8 Å². The van der Waals surface area contributed by atoms with Crippen molar-refractivity contribution < 1.29 is 17.9 Å². The number of benzene rings is 3. The van der Waals surface area contributed by atoms with Gasteiger partial charge in [-0.15, -0.1) is 0 Å². The molecule has 4 rings (SSSR count). The highest BCUT2D eigenvalue weighted by atomic mass is 32.2. The minimum Gasteiger partial charge on any atom is -0.494 e. The summed E-state index contributed by atoms with van der Waals surface area (Å²) < 4.78 is 35.3. The van der Waals surface area contributed by atoms with Crippen molar-refractivity contribution in [2.45, 2.75) is 24.9 Å². The third kappa shape index (κ3) is 6.27. The Morgan fingerprint density at radius 1 is 0.971 bits per heavy atom. The normalized spacial score (nSPS) is 11.1. The SMILES string of the molecule is CCOc1ccc(S(=O)(=O)Nc2cccc(C(=O)NCc3ccccc3Cn3cccn3)c2)cc1. The first kappa shape index (κ1) is 24.0. The van der Waals surface area contributed by atoms with Gasteiger partial charge < -0.3 is 10.1 Å². The molecule has 0 fully saturated rings. The van der Waals surface area contributed by atoms with Crippen molar-refractivity contribution in [3.8, 4) is 5.75 Å². The first-order valence-corrected chi connectivity index (χ1v) is 12.6. The molecule has 0 aliphatic rings. The summed E-state index contributed by atoms with van der Waals surface area (Å²) in [5.74, 6) is 0.289. The van der Waals surface area contributed by atoms with Crippen LogP contribution in [0.1, 0.15) is 28.4 Å². The van der Waals surface area contributed by atoms with Crippen LogP contribution in [0.4, 0.5) is 5.69 Å². The average molecular weight is 491 g/mol. The Labute approximate surface area is 204 Å². The largest absolute Gasteiger partial charge is 0.494 e. The summed E-state index contributed by atoms with van der Waals surface area (Å²) in [6.45, 7) is 3.28. The van der Waals surface area contributed by atoms with E-state index in [1.54, 1.807) is 36.5 Å². The summed E-state index contributed by atoms with van der Waals surface area (Å²) in [4.78, 5) is 12.9. The van der Waals surface area contributed by atoms with Crippen molar-refractivity contribution in [2.75, 3.05) is 11.3 Å². The molecule has 1 aromatic heterocycles. The number of carbonyl (C=O) groups excluding carboxylic acids is 1. The van der Waals surface area contributed by atoms with Crippen molar-refractivity contribution in [3.63, 3.8) is 0 Å². The second-order valence-corrected chi connectivity index (χ2v) is 9.43. The van der Waals surface area contributed by atoms with Gasteiger partial charge in [0.15, 0.2) is 0 Å². The molecule has 35 heavy (non-hydrogen) atoms. The maximum atomic E-state index is 12.8. The average Bonchev–Trinajstić information content (AvgIpc) is 3.37. The predicted octanol–water partition coefficient (Wildman–Crippen LogP) is 4.06. The van der Waals surface area contributed by atoms with Gasteiger partial charge in [0.1, 0.15) is 5.75 Å². The Morgan fingerprint density at radius 3 is 2.46 bits per heavy atom. The van der Waals surface area contributed by atoms with Crippen molar-refractivity contribution in [3.05, 3.63) is 108 Å². The number of rotatable bonds is 10. The summed E-state index contributed by atoms with van der Waals surface area (Å²) >= 11 is 0. The lowest BCUT2D eigenvalue weighted by molar-refractivity contribution is 0.0951. The molecule has 3 aromatic carbocycles. The number of sulfonamides is 1. The van der Waals surface area contributed by atoms with Gasteiger partial charge in [-0.1, -0.05) is 30.3 Å². The van der Waals surface area contributed by atoms with Crippen LogP contribution in [0.3, 0.4) is 0 Å². The number of amides is 1. The Kier molecular flexibility index (Phi) is 7.47. The summed E-state index contributed by atoms with van der Waals surface area (Å²) in [6.07, 6.45) is 3.61. The van der Waals surface area contributed by atoms with Crippen LogP contribution in [-0.4, -0.2) is 30.7 Å². The molecule has 0 radical (unpaired) electrons. The molecule has 0 aliphatic carbocycles. The minimum absolute atomic E-state index is 0.101. The number of hydrogen-bond donors (Lipinski definition) is 2. The van der Waals surface area contributed by atoms with Gasteiger partial charge in [0.2, 0.25) is 0 Å². The molecule has 0 unspecified atom stereocenters. The molecular weight excluding hydrogens is 464 g/mol. The van der Waals surface area contributed by atoms with Crippen molar-refractivity contribution in [1.82, 2.24) is 15.1 Å². The Hall–Kier alpha value is -4.11. The molecule has 0 atom stereocenters. The van der Waals surface area contributed by atoms with Gasteiger partial charge in [0.25, 0.3) is 15.9 Å². The van der Waals surface area contributed by atoms with Gasteiger partial charge in [-0.05, 0) is 66.6 Å². The number of aromatic nitrogens is 2. The molecular formula is C26H26N4O4S. The second kappa shape index (κ2) is 10.9. The predicted molar refractivity (Wildman–Crippen MR) is 134 cm³/mol. The monoisotopic (exact) mass is 490 g/mol. The molecule has 1 amide bonds. The third-order valence-corrected chi connectivity index (χ3v) is 6.67. The zero-order valence-corrected chi connectivity index (χ0v) is 20.0. The Balaban J connectivity index is 1.42. The lowest BCUT2D eigenvalue weighted by Gasteiger charge is -2.12. The number of nitrogens with one attached hydrogen (secondary N) is 2. The zero-order valence-electron chi connectivity index (χ0n) is 19.2. The van der Waals surface area contributed by atoms with E-state index in [1.165, 1.54) is 18.2 Å². The summed E-state index contributed by atoms with van der Waals surface area (Å²) in [5.41, 5.74) is 2.67. The van der Waals surface area contributed by atoms with Gasteiger partial charge >= 0.3 is 0 Å². The van der Waals surface area contributed by atoms with Gasteiger partial charge in [-0.3, -0.25) is 14.2 Å². The maximum Gasteiger partial charge on any atom is 0.261 e. The summed E-state index contributed by atoms with van der Waals surface area (Å²) in [6, 6.07) is 22.2. The summed E-state index contributed by atoms with van der Waals surface area (Å²) in [7, 11) is -3.82. The standard InChI is InChI=1S/C26H26N4O4S/c1-2-34-24-11-13-25(14-12-24)35(32,33)29-23-10-5-9-20(17-23)26(31)27-18-21-7-3-4-8-22(21)19-30-16-6-15-28-30/h3-17,29H,2,18-19H2,1H3,(H,27,31). The molecule has 180 valence electrons. The van der Waals surface area contributed by atoms with E-state index < -0.39 is 10.0 Å². The van der Waals surface area contributed by atoms with Crippen LogP contribution >= 0.6 is 0 Å². The quantitative estimate of drug-likeness (QED) is 0.349. The van der Waals surface area contributed by atoms with Crippen LogP contribution in [0.15, 0.2) is 96.2 Å². The van der Waals surface area contributed by atoms with E-state index in [9.17, 15) is 13.2 Å². The first-order chi connectivity index (χ1) is 16.9. The molecule has 0 spiro atoms. The molecule has 8 nitrogen and oxygen atoms in total. The highest BCUT2D eigenvalue weighted by Crippen LogP contribution is 2.20. The van der Waals surface area contributed by atoms with Gasteiger partial charge in [0, 0.05) is 30.2 Å². The van der Waals surface area contributed by atoms with Crippen LogP contribution in [-0.2, 0) is 23.1 Å². The number of anilines is 1. The maximum absolute atomic E-state index is 12.8. The second-order valence-electron chi connectivity index (χ2n) is 7.75. The van der Waals surface area contributed by atoms with E-state index >= 15 is 0 Å². The van der Waals surface area contributed by atoms with E-state index in [1.807, 2.05) is 48.1 Å². The molecule has 1 heterocycles. The van der Waals surface area contributed by atoms with Gasteiger partial charge in [-0.2, -0.15) is 5.10 Å². The fraction of sp³-hybridized carbons (Fsp3) is 0.154. The van der Waals surface area contributed by atoms with Crippen LogP contribution in [0.25, 0.3) is 0 Å². The van der Waals surface area contributed by atoms with Crippen LogP contribution in [0.2, 0.25) is 0 Å². The highest BCUT2D eigenvalue weighted by Gasteiger charge is 2.16. The van der Waals surface area contributed by atoms with Gasteiger partial charge in [-0.25, -0.2) is 8.42 Å². The smallest absolute Gasteiger partial charge is 0.261 e. The van der Waals surface area contributed by atoms with Gasteiger partial charge in [0.05, 0.1) is 18.0 Å². The molecule has 0 saturated carbocycles. The van der Waals surface area contributed by atoms with Crippen LogP contribution in [0.5, 0.6) is 5.75 Å². The Morgan fingerprint density at radius 2 is 1.74 bits per heavy atom. The molecule has 0 bridgehead atoms. The molecule has 0 aliphatic heterocycles. The molecule has 0 saturated heterocycles. The van der Waals surface area contributed by atoms with E-state index in [2.05, 4.69) is 15.1 Å². The number of hydrogen-bond acceptors (Lipinski definition) is 5. The topological polar surface area (TPSA) is 102 Å². The van der Waals surface area contributed by atoms with Crippen molar-refractivity contribution in [2.24, 2.45) is 0 Å². The molecule has 9 heteroatoms. The lowest BCUT2D eigenvalue weighted by atomic mass is 10.1. The first-order valence-electron chi connectivity index (χ1n) is 11.1. The highest BCUT2D eigenvalue weighted by molar-refractivity contribution is 7.92. The van der Waals surface area contributed by atoms with Crippen molar-refractivity contribution in [1.29, 1.82) is 0 Å². The van der Waals surface area contributed by atoms with Crippen LogP contribution < -0.4 is 14.8 Å². The van der Waals surface area contributed by atoms with E-state index in [0.717, 1.165) is 11.1 Å². The van der Waals surface area contributed by atoms with E-state index in [0.29, 0.717) is 36.7 Å². The fourth-order valence-corrected chi connectivity index (χ4v) is 4.60. The van der Waals surface area contributed by atoms with Crippen LogP contribution in [0, 0.1) is 0 Å². The number of ether oxygens (including phenoxy) is 1. The van der Waals surface area contributed by atoms with E-state index in [4.69, 9.17) is 4.74 Å². The molecule has 2 N–H and O–H groups in total. The fourth-order valence-electron chi connectivity index (χ4n) is 3.55. The minimum atomic E-state index is -3.82. The third-order valence-electron chi connectivity index (χ3n) is 5.27. The lowest BCUT2D eigenvalue weighted by Crippen LogP contribution is -2.24.